The van der Waals surface area contributed by atoms with Crippen LogP contribution in [0.4, 0.5) is 0 Å². The average molecular weight is 520 g/mol. The summed E-state index contributed by atoms with van der Waals surface area (Å²) >= 11 is 0. The van der Waals surface area contributed by atoms with Crippen molar-refractivity contribution in [3.8, 4) is 23.0 Å². The highest BCUT2D eigenvalue weighted by Crippen LogP contribution is 2.46. The lowest BCUT2D eigenvalue weighted by Gasteiger charge is -2.22. The molecule has 0 aromatic heterocycles. The van der Waals surface area contributed by atoms with Crippen molar-refractivity contribution in [2.75, 3.05) is 25.4 Å². The molecule has 4 aromatic carbocycles. The molecule has 4 bridgehead atoms. The fourth-order valence-corrected chi connectivity index (χ4v) is 7.36. The van der Waals surface area contributed by atoms with Gasteiger partial charge in [0.15, 0.2) is 14.3 Å². The Balaban J connectivity index is 1.45. The topological polar surface area (TPSA) is 71.1 Å². The summed E-state index contributed by atoms with van der Waals surface area (Å²) in [6.07, 6.45) is -0.0491. The minimum Gasteiger partial charge on any atom is -0.485 e. The molecule has 4 aliphatic heterocycles. The lowest BCUT2D eigenvalue weighted by molar-refractivity contribution is 0.339. The van der Waals surface area contributed by atoms with Crippen molar-refractivity contribution in [2.45, 2.75) is 0 Å². The van der Waals surface area contributed by atoms with Crippen molar-refractivity contribution in [2.24, 2.45) is 0 Å². The van der Waals surface area contributed by atoms with E-state index < -0.39 is 14.3 Å². The Hall–Kier alpha value is -3.46. The molecule has 0 N–H and O–H groups in total. The lowest BCUT2D eigenvalue weighted by Crippen LogP contribution is -2.17. The SMILES string of the molecule is O=P1(c2ccccc2)COc2ccc(cc2)OCP(=O)(c2ccccc2)COc2ccc(cc2)OC1. The monoisotopic (exact) mass is 520 g/mol. The molecule has 6 nitrogen and oxygen atoms in total. The summed E-state index contributed by atoms with van der Waals surface area (Å²) < 4.78 is 51.6. The van der Waals surface area contributed by atoms with Crippen LogP contribution < -0.4 is 29.6 Å². The first kappa shape index (κ1) is 24.2. The maximum Gasteiger partial charge on any atom is 0.186 e. The zero-order chi connectivity index (χ0) is 24.8. The van der Waals surface area contributed by atoms with Gasteiger partial charge < -0.3 is 28.1 Å². The van der Waals surface area contributed by atoms with E-state index in [1.807, 2.05) is 60.7 Å². The van der Waals surface area contributed by atoms with Gasteiger partial charge >= 0.3 is 0 Å². The fraction of sp³-hybridized carbons (Fsp3) is 0.143. The van der Waals surface area contributed by atoms with Crippen LogP contribution in [0.1, 0.15) is 0 Å². The van der Waals surface area contributed by atoms with Crippen LogP contribution in [0.15, 0.2) is 109 Å². The first-order valence-electron chi connectivity index (χ1n) is 11.5. The fourth-order valence-electron chi connectivity index (χ4n) is 3.75. The minimum absolute atomic E-state index is 0.0123. The third-order valence-electron chi connectivity index (χ3n) is 5.86. The lowest BCUT2D eigenvalue weighted by atomic mass is 10.3. The normalized spacial score (nSPS) is 22.2. The summed E-state index contributed by atoms with van der Waals surface area (Å²) in [4.78, 5) is 0. The van der Waals surface area contributed by atoms with E-state index >= 15 is 0 Å². The molecular weight excluding hydrogens is 494 g/mol. The highest BCUT2D eigenvalue weighted by Gasteiger charge is 2.29. The minimum atomic E-state index is -3.03. The number of benzene rings is 4. The van der Waals surface area contributed by atoms with Gasteiger partial charge in [0.05, 0.1) is 0 Å². The van der Waals surface area contributed by atoms with E-state index in [2.05, 4.69) is 0 Å². The number of rotatable bonds is 2. The van der Waals surface area contributed by atoms with Gasteiger partial charge in [-0.2, -0.15) is 0 Å². The molecule has 4 heterocycles. The molecule has 8 heteroatoms. The summed E-state index contributed by atoms with van der Waals surface area (Å²) in [7, 11) is -6.06. The van der Waals surface area contributed by atoms with Crippen LogP contribution >= 0.6 is 14.3 Å². The zero-order valence-electron chi connectivity index (χ0n) is 19.6. The Morgan fingerprint density at radius 3 is 0.889 bits per heavy atom. The Morgan fingerprint density at radius 1 is 0.389 bits per heavy atom. The maximum absolute atomic E-state index is 13.9. The molecule has 0 spiro atoms. The van der Waals surface area contributed by atoms with Gasteiger partial charge in [-0.3, -0.25) is 0 Å². The van der Waals surface area contributed by atoms with Crippen molar-refractivity contribution in [3.63, 3.8) is 0 Å². The Bertz CT molecular complexity index is 1200. The summed E-state index contributed by atoms with van der Waals surface area (Å²) in [6, 6.07) is 32.5. The van der Waals surface area contributed by atoms with E-state index in [0.717, 1.165) is 0 Å². The molecule has 0 saturated carbocycles. The van der Waals surface area contributed by atoms with Gasteiger partial charge in [0.1, 0.15) is 48.4 Å². The van der Waals surface area contributed by atoms with Gasteiger partial charge in [0.2, 0.25) is 0 Å². The van der Waals surface area contributed by atoms with Crippen LogP contribution in [0.2, 0.25) is 0 Å². The largest absolute Gasteiger partial charge is 0.485 e. The van der Waals surface area contributed by atoms with Gasteiger partial charge in [-0.1, -0.05) is 60.7 Å². The van der Waals surface area contributed by atoms with E-state index in [1.54, 1.807) is 48.5 Å². The number of ether oxygens (including phenoxy) is 4. The first-order valence-corrected chi connectivity index (χ1v) is 15.7. The Labute approximate surface area is 210 Å². The van der Waals surface area contributed by atoms with Crippen LogP contribution in [0, 0.1) is 0 Å². The molecule has 0 aliphatic carbocycles. The first-order chi connectivity index (χ1) is 17.5. The molecule has 184 valence electrons. The molecule has 0 atom stereocenters. The summed E-state index contributed by atoms with van der Waals surface area (Å²) in [5, 5.41) is 1.38. The van der Waals surface area contributed by atoms with Gasteiger partial charge in [-0.15, -0.1) is 0 Å². The van der Waals surface area contributed by atoms with Crippen LogP contribution in [0.25, 0.3) is 0 Å². The van der Waals surface area contributed by atoms with Crippen LogP contribution in [0.5, 0.6) is 23.0 Å². The highest BCUT2D eigenvalue weighted by atomic mass is 31.2. The molecule has 0 amide bonds. The van der Waals surface area contributed by atoms with Crippen molar-refractivity contribution in [1.29, 1.82) is 0 Å². The molecule has 8 rings (SSSR count). The van der Waals surface area contributed by atoms with E-state index in [0.29, 0.717) is 33.6 Å². The third-order valence-corrected chi connectivity index (χ3v) is 10.5. The van der Waals surface area contributed by atoms with E-state index in [4.69, 9.17) is 18.9 Å². The molecule has 0 fully saturated rings. The predicted octanol–water partition coefficient (Wildman–Crippen LogP) is 6.12. The highest BCUT2D eigenvalue weighted by molar-refractivity contribution is 7.71. The number of hydrogen-bond acceptors (Lipinski definition) is 6. The van der Waals surface area contributed by atoms with Crippen molar-refractivity contribution in [3.05, 3.63) is 109 Å². The molecule has 4 aromatic rings. The third kappa shape index (κ3) is 5.67. The van der Waals surface area contributed by atoms with E-state index in [-0.39, 0.29) is 25.4 Å². The summed E-state index contributed by atoms with van der Waals surface area (Å²) in [6.45, 7) is 0. The Kier molecular flexibility index (Phi) is 7.18. The van der Waals surface area contributed by atoms with Gasteiger partial charge in [-0.05, 0) is 48.5 Å². The van der Waals surface area contributed by atoms with Crippen LogP contribution in [-0.4, -0.2) is 25.4 Å². The molecule has 0 saturated heterocycles. The Morgan fingerprint density at radius 2 is 0.639 bits per heavy atom. The maximum atomic E-state index is 13.9. The average Bonchev–Trinajstić information content (AvgIpc) is 2.94. The zero-order valence-corrected chi connectivity index (χ0v) is 21.4. The quantitative estimate of drug-likeness (QED) is 0.297. The van der Waals surface area contributed by atoms with E-state index in [9.17, 15) is 9.13 Å². The number of hydrogen-bond donors (Lipinski definition) is 0. The van der Waals surface area contributed by atoms with Crippen LogP contribution in [-0.2, 0) is 9.13 Å². The van der Waals surface area contributed by atoms with Gasteiger partial charge in [0, 0.05) is 10.6 Å². The smallest absolute Gasteiger partial charge is 0.186 e. The molecular formula is C28H26O6P2. The summed E-state index contributed by atoms with van der Waals surface area (Å²) in [5.41, 5.74) is 0. The van der Waals surface area contributed by atoms with E-state index in [1.165, 1.54) is 0 Å². The predicted molar refractivity (Wildman–Crippen MR) is 142 cm³/mol. The van der Waals surface area contributed by atoms with Crippen molar-refractivity contribution in [1.82, 2.24) is 0 Å². The molecule has 36 heavy (non-hydrogen) atoms. The van der Waals surface area contributed by atoms with Gasteiger partial charge in [-0.25, -0.2) is 0 Å². The van der Waals surface area contributed by atoms with Crippen LogP contribution in [0.3, 0.4) is 0 Å². The second-order valence-electron chi connectivity index (χ2n) is 8.49. The molecule has 0 unspecified atom stereocenters. The standard InChI is InChI=1S/C28H26O6P2/c29-35(27-7-3-1-4-8-27)19-31-23-11-15-25(16-12-23)33-21-36(30,28-9-5-2-6-10-28)22-34-26-17-13-24(14-18-26)32-20-35/h1-18H,19-22H2. The van der Waals surface area contributed by atoms with Crippen molar-refractivity contribution >= 4 is 24.9 Å². The summed E-state index contributed by atoms with van der Waals surface area (Å²) in [5.74, 6) is 2.22. The van der Waals surface area contributed by atoms with Gasteiger partial charge in [0.25, 0.3) is 0 Å². The van der Waals surface area contributed by atoms with Crippen molar-refractivity contribution < 1.29 is 28.1 Å². The second-order valence-corrected chi connectivity index (χ2v) is 14.1. The molecule has 4 aliphatic rings. The second kappa shape index (κ2) is 10.7. The molecule has 0 radical (unpaired) electrons.